The molecule has 92 valence electrons. The SMILES string of the molecule is O=C1Cc2ccccc2N1C1=CCc2ccccc21. The molecule has 0 aromatic heterocycles. The Morgan fingerprint density at radius 2 is 1.63 bits per heavy atom. The van der Waals surface area contributed by atoms with Crippen molar-refractivity contribution in [1.82, 2.24) is 0 Å². The van der Waals surface area contributed by atoms with Crippen LogP contribution in [-0.2, 0) is 17.6 Å². The lowest BCUT2D eigenvalue weighted by atomic mass is 10.1. The number of carbonyl (C=O) groups is 1. The summed E-state index contributed by atoms with van der Waals surface area (Å²) < 4.78 is 0. The van der Waals surface area contributed by atoms with Crippen LogP contribution in [0.5, 0.6) is 0 Å². The highest BCUT2D eigenvalue weighted by Gasteiger charge is 2.32. The number of hydrogen-bond acceptors (Lipinski definition) is 1. The molecule has 0 unspecified atom stereocenters. The number of rotatable bonds is 1. The lowest BCUT2D eigenvalue weighted by Gasteiger charge is -2.20. The third kappa shape index (κ3) is 1.46. The zero-order valence-corrected chi connectivity index (χ0v) is 10.5. The molecule has 0 N–H and O–H groups in total. The van der Waals surface area contributed by atoms with E-state index < -0.39 is 0 Å². The van der Waals surface area contributed by atoms with Gasteiger partial charge in [-0.15, -0.1) is 0 Å². The molecule has 1 aliphatic carbocycles. The first kappa shape index (κ1) is 10.6. The van der Waals surface area contributed by atoms with Crippen LogP contribution in [0.3, 0.4) is 0 Å². The second-order valence-electron chi connectivity index (χ2n) is 4.99. The quantitative estimate of drug-likeness (QED) is 0.758. The Morgan fingerprint density at radius 1 is 0.895 bits per heavy atom. The largest absolute Gasteiger partial charge is 0.280 e. The van der Waals surface area contributed by atoms with Crippen molar-refractivity contribution in [3.05, 3.63) is 71.3 Å². The Hall–Kier alpha value is -2.35. The molecule has 1 heterocycles. The summed E-state index contributed by atoms with van der Waals surface area (Å²) >= 11 is 0. The van der Waals surface area contributed by atoms with Crippen LogP contribution in [0.2, 0.25) is 0 Å². The highest BCUT2D eigenvalue weighted by Crippen LogP contribution is 2.38. The molecule has 2 heteroatoms. The summed E-state index contributed by atoms with van der Waals surface area (Å²) in [6.07, 6.45) is 3.58. The van der Waals surface area contributed by atoms with Gasteiger partial charge in [0.25, 0.3) is 0 Å². The molecule has 2 nitrogen and oxygen atoms in total. The van der Waals surface area contributed by atoms with Crippen molar-refractivity contribution in [2.75, 3.05) is 4.90 Å². The second-order valence-corrected chi connectivity index (χ2v) is 4.99. The van der Waals surface area contributed by atoms with Crippen molar-refractivity contribution in [2.24, 2.45) is 0 Å². The predicted octanol–water partition coefficient (Wildman–Crippen LogP) is 3.17. The van der Waals surface area contributed by atoms with Crippen molar-refractivity contribution in [3.63, 3.8) is 0 Å². The fraction of sp³-hybridized carbons (Fsp3) is 0.118. The van der Waals surface area contributed by atoms with Crippen molar-refractivity contribution in [3.8, 4) is 0 Å². The molecule has 0 atom stereocenters. The number of benzene rings is 2. The van der Waals surface area contributed by atoms with Gasteiger partial charge in [0, 0.05) is 5.56 Å². The van der Waals surface area contributed by atoms with Gasteiger partial charge in [-0.3, -0.25) is 9.69 Å². The molecule has 1 amide bonds. The maximum atomic E-state index is 12.3. The average Bonchev–Trinajstić information content (AvgIpc) is 2.98. The van der Waals surface area contributed by atoms with Gasteiger partial charge in [-0.2, -0.15) is 0 Å². The molecule has 0 radical (unpaired) electrons. The van der Waals surface area contributed by atoms with Gasteiger partial charge in [0.1, 0.15) is 0 Å². The molecule has 19 heavy (non-hydrogen) atoms. The standard InChI is InChI=1S/C17H13NO/c19-17-11-13-6-2-4-8-15(13)18(17)16-10-9-12-5-1-3-7-14(12)16/h1-8,10H,9,11H2. The lowest BCUT2D eigenvalue weighted by molar-refractivity contribution is -0.116. The van der Waals surface area contributed by atoms with Crippen molar-refractivity contribution in [1.29, 1.82) is 0 Å². The van der Waals surface area contributed by atoms with Crippen LogP contribution in [0.4, 0.5) is 5.69 Å². The van der Waals surface area contributed by atoms with Gasteiger partial charge in [-0.05, 0) is 23.6 Å². The Bertz CT molecular complexity index is 715. The van der Waals surface area contributed by atoms with Gasteiger partial charge in [-0.25, -0.2) is 0 Å². The first-order valence-corrected chi connectivity index (χ1v) is 6.54. The number of allylic oxidation sites excluding steroid dienone is 1. The van der Waals surface area contributed by atoms with Crippen LogP contribution in [0.25, 0.3) is 5.70 Å². The van der Waals surface area contributed by atoms with Crippen LogP contribution in [0, 0.1) is 0 Å². The Morgan fingerprint density at radius 3 is 2.53 bits per heavy atom. The van der Waals surface area contributed by atoms with Crippen molar-refractivity contribution >= 4 is 17.3 Å². The van der Waals surface area contributed by atoms with E-state index in [4.69, 9.17) is 0 Å². The molecule has 4 rings (SSSR count). The highest BCUT2D eigenvalue weighted by molar-refractivity contribution is 6.12. The van der Waals surface area contributed by atoms with E-state index >= 15 is 0 Å². The average molecular weight is 247 g/mol. The van der Waals surface area contributed by atoms with Crippen LogP contribution < -0.4 is 4.90 Å². The Labute approximate surface area is 112 Å². The van der Waals surface area contributed by atoms with Crippen LogP contribution >= 0.6 is 0 Å². The number of carbonyl (C=O) groups excluding carboxylic acids is 1. The number of fused-ring (bicyclic) bond motifs is 2. The molecule has 1 aliphatic heterocycles. The predicted molar refractivity (Wildman–Crippen MR) is 75.8 cm³/mol. The highest BCUT2D eigenvalue weighted by atomic mass is 16.2. The third-order valence-electron chi connectivity index (χ3n) is 3.87. The van der Waals surface area contributed by atoms with Crippen molar-refractivity contribution < 1.29 is 4.79 Å². The second kappa shape index (κ2) is 3.82. The smallest absolute Gasteiger partial charge is 0.236 e. The van der Waals surface area contributed by atoms with Gasteiger partial charge >= 0.3 is 0 Å². The van der Waals surface area contributed by atoms with Gasteiger partial charge < -0.3 is 0 Å². The molecule has 0 bridgehead atoms. The van der Waals surface area contributed by atoms with E-state index in [9.17, 15) is 4.79 Å². The van der Waals surface area contributed by atoms with Gasteiger partial charge in [-0.1, -0.05) is 48.5 Å². The summed E-state index contributed by atoms with van der Waals surface area (Å²) in [7, 11) is 0. The topological polar surface area (TPSA) is 20.3 Å². The first-order valence-electron chi connectivity index (χ1n) is 6.54. The Balaban J connectivity index is 1.85. The molecule has 0 saturated heterocycles. The normalized spacial score (nSPS) is 16.3. The molecular formula is C17H13NO. The number of para-hydroxylation sites is 1. The molecular weight excluding hydrogens is 234 g/mol. The lowest BCUT2D eigenvalue weighted by Crippen LogP contribution is -2.24. The molecule has 2 aromatic rings. The van der Waals surface area contributed by atoms with E-state index in [1.165, 1.54) is 11.1 Å². The zero-order chi connectivity index (χ0) is 12.8. The van der Waals surface area contributed by atoms with Crippen LogP contribution in [0.1, 0.15) is 16.7 Å². The fourth-order valence-corrected chi connectivity index (χ4v) is 3.00. The summed E-state index contributed by atoms with van der Waals surface area (Å²) in [6, 6.07) is 16.4. The minimum atomic E-state index is 0.171. The Kier molecular flexibility index (Phi) is 2.12. The third-order valence-corrected chi connectivity index (χ3v) is 3.87. The summed E-state index contributed by atoms with van der Waals surface area (Å²) in [5, 5.41) is 0. The van der Waals surface area contributed by atoms with E-state index in [1.54, 1.807) is 0 Å². The summed E-state index contributed by atoms with van der Waals surface area (Å²) in [5.41, 5.74) is 5.70. The van der Waals surface area contributed by atoms with Crippen LogP contribution in [-0.4, -0.2) is 5.91 Å². The van der Waals surface area contributed by atoms with E-state index in [-0.39, 0.29) is 5.91 Å². The minimum absolute atomic E-state index is 0.171. The molecule has 0 saturated carbocycles. The summed E-state index contributed by atoms with van der Waals surface area (Å²) in [5.74, 6) is 0.171. The van der Waals surface area contributed by atoms with Gasteiger partial charge in [0.2, 0.25) is 5.91 Å². The number of nitrogens with zero attached hydrogens (tertiary/aromatic N) is 1. The monoisotopic (exact) mass is 247 g/mol. The van der Waals surface area contributed by atoms with Crippen LogP contribution in [0.15, 0.2) is 54.6 Å². The van der Waals surface area contributed by atoms with Gasteiger partial charge in [0.15, 0.2) is 0 Å². The number of anilines is 1. The van der Waals surface area contributed by atoms with Gasteiger partial charge in [0.05, 0.1) is 17.8 Å². The summed E-state index contributed by atoms with van der Waals surface area (Å²) in [6.45, 7) is 0. The number of hydrogen-bond donors (Lipinski definition) is 0. The molecule has 0 spiro atoms. The fourth-order valence-electron chi connectivity index (χ4n) is 3.00. The summed E-state index contributed by atoms with van der Waals surface area (Å²) in [4.78, 5) is 14.2. The van der Waals surface area contributed by atoms with E-state index in [0.717, 1.165) is 23.4 Å². The van der Waals surface area contributed by atoms with E-state index in [1.807, 2.05) is 35.2 Å². The minimum Gasteiger partial charge on any atom is -0.280 e. The van der Waals surface area contributed by atoms with E-state index in [2.05, 4.69) is 24.3 Å². The molecule has 0 fully saturated rings. The maximum Gasteiger partial charge on any atom is 0.236 e. The van der Waals surface area contributed by atoms with E-state index in [0.29, 0.717) is 6.42 Å². The number of amides is 1. The first-order chi connectivity index (χ1) is 9.34. The maximum absolute atomic E-state index is 12.3. The molecule has 2 aromatic carbocycles. The zero-order valence-electron chi connectivity index (χ0n) is 10.5. The molecule has 2 aliphatic rings. The van der Waals surface area contributed by atoms with Crippen molar-refractivity contribution in [2.45, 2.75) is 12.8 Å².